The van der Waals surface area contributed by atoms with Crippen molar-refractivity contribution in [2.45, 2.75) is 12.5 Å². The Morgan fingerprint density at radius 2 is 1.65 bits per heavy atom. The number of carbonyl (C=O) groups excluding carboxylic acids is 1. The molecule has 0 bridgehead atoms. The number of ketones is 1. The first kappa shape index (κ1) is 14.3. The van der Waals surface area contributed by atoms with E-state index in [1.807, 2.05) is 0 Å². The zero-order valence-electron chi connectivity index (χ0n) is 10.4. The molecule has 1 unspecified atom stereocenters. The van der Waals surface area contributed by atoms with Gasteiger partial charge in [-0.1, -0.05) is 30.3 Å². The summed E-state index contributed by atoms with van der Waals surface area (Å²) in [7, 11) is 0. The molecule has 0 saturated carbocycles. The highest BCUT2D eigenvalue weighted by molar-refractivity contribution is 5.96. The number of hydrogen-bond acceptors (Lipinski definition) is 2. The fourth-order valence-electron chi connectivity index (χ4n) is 1.87. The molecule has 2 aromatic carbocycles. The molecule has 1 atom stereocenters. The van der Waals surface area contributed by atoms with Crippen molar-refractivity contribution in [1.82, 2.24) is 0 Å². The molecular formula is C15H12F3NO. The maximum atomic E-state index is 13.5. The summed E-state index contributed by atoms with van der Waals surface area (Å²) < 4.78 is 39.4. The smallest absolute Gasteiger partial charge is 0.195 e. The van der Waals surface area contributed by atoms with Crippen LogP contribution in [0.2, 0.25) is 0 Å². The number of rotatable bonds is 4. The van der Waals surface area contributed by atoms with Crippen LogP contribution in [0.1, 0.15) is 28.4 Å². The first-order valence-corrected chi connectivity index (χ1v) is 5.98. The summed E-state index contributed by atoms with van der Waals surface area (Å²) >= 11 is 0. The van der Waals surface area contributed by atoms with Crippen LogP contribution in [0, 0.1) is 17.5 Å². The van der Waals surface area contributed by atoms with Crippen LogP contribution >= 0.6 is 0 Å². The van der Waals surface area contributed by atoms with Crippen LogP contribution < -0.4 is 5.73 Å². The van der Waals surface area contributed by atoms with Crippen LogP contribution in [0.3, 0.4) is 0 Å². The van der Waals surface area contributed by atoms with Crippen molar-refractivity contribution in [1.29, 1.82) is 0 Å². The van der Waals surface area contributed by atoms with Crippen LogP contribution in [0.5, 0.6) is 0 Å². The van der Waals surface area contributed by atoms with Gasteiger partial charge in [0, 0.05) is 12.5 Å². The second-order valence-electron chi connectivity index (χ2n) is 4.37. The van der Waals surface area contributed by atoms with Crippen LogP contribution in [0.25, 0.3) is 0 Å². The maximum Gasteiger partial charge on any atom is 0.195 e. The van der Waals surface area contributed by atoms with E-state index in [9.17, 15) is 18.0 Å². The summed E-state index contributed by atoms with van der Waals surface area (Å²) in [5.74, 6) is -5.12. The van der Waals surface area contributed by atoms with Gasteiger partial charge in [0.25, 0.3) is 0 Å². The van der Waals surface area contributed by atoms with Crippen molar-refractivity contribution in [2.24, 2.45) is 5.73 Å². The molecule has 0 saturated heterocycles. The Balaban J connectivity index is 2.19. The Morgan fingerprint density at radius 1 is 1.00 bits per heavy atom. The molecule has 0 amide bonds. The van der Waals surface area contributed by atoms with Gasteiger partial charge in [0.05, 0.1) is 5.56 Å². The zero-order valence-corrected chi connectivity index (χ0v) is 10.4. The molecule has 2 N–H and O–H groups in total. The number of halogens is 3. The molecular weight excluding hydrogens is 267 g/mol. The number of hydrogen-bond donors (Lipinski definition) is 1. The lowest BCUT2D eigenvalue weighted by Gasteiger charge is -2.11. The number of carbonyl (C=O) groups is 1. The highest BCUT2D eigenvalue weighted by Crippen LogP contribution is 2.20. The fraction of sp³-hybridized carbons (Fsp3) is 0.133. The Labute approximate surface area is 114 Å². The largest absolute Gasteiger partial charge is 0.324 e. The molecule has 104 valence electrons. The number of Topliss-reactive ketones (excluding diaryl/α,β-unsaturated/α-hetero) is 1. The van der Waals surface area contributed by atoms with Gasteiger partial charge < -0.3 is 5.73 Å². The topological polar surface area (TPSA) is 43.1 Å². The minimum absolute atomic E-state index is 0.188. The second-order valence-corrected chi connectivity index (χ2v) is 4.37. The molecule has 0 aliphatic carbocycles. The predicted octanol–water partition coefficient (Wildman–Crippen LogP) is 3.38. The molecule has 0 fully saturated rings. The van der Waals surface area contributed by atoms with Gasteiger partial charge >= 0.3 is 0 Å². The third-order valence-electron chi connectivity index (χ3n) is 2.97. The maximum absolute atomic E-state index is 13.5. The SMILES string of the molecule is NC(CC(=O)c1ccc(F)c(F)c1F)c1ccccc1. The summed E-state index contributed by atoms with van der Waals surface area (Å²) in [5, 5.41) is 0. The van der Waals surface area contributed by atoms with Crippen molar-refractivity contribution in [3.8, 4) is 0 Å². The molecule has 0 aliphatic heterocycles. The summed E-state index contributed by atoms with van der Waals surface area (Å²) in [4.78, 5) is 11.9. The second kappa shape index (κ2) is 5.88. The minimum atomic E-state index is -1.65. The van der Waals surface area contributed by atoms with E-state index >= 15 is 0 Å². The first-order valence-electron chi connectivity index (χ1n) is 5.98. The fourth-order valence-corrected chi connectivity index (χ4v) is 1.87. The van der Waals surface area contributed by atoms with Crippen molar-refractivity contribution in [3.63, 3.8) is 0 Å². The molecule has 0 radical (unpaired) electrons. The third kappa shape index (κ3) is 2.88. The van der Waals surface area contributed by atoms with Crippen LogP contribution in [-0.2, 0) is 0 Å². The van der Waals surface area contributed by atoms with E-state index in [1.54, 1.807) is 30.3 Å². The van der Waals surface area contributed by atoms with Crippen molar-refractivity contribution in [3.05, 3.63) is 71.0 Å². The van der Waals surface area contributed by atoms with E-state index in [1.165, 1.54) is 0 Å². The van der Waals surface area contributed by atoms with Gasteiger partial charge in [-0.15, -0.1) is 0 Å². The van der Waals surface area contributed by atoms with Crippen LogP contribution in [-0.4, -0.2) is 5.78 Å². The Bertz CT molecular complexity index is 629. The third-order valence-corrected chi connectivity index (χ3v) is 2.97. The van der Waals surface area contributed by atoms with Gasteiger partial charge in [-0.05, 0) is 17.7 Å². The summed E-state index contributed by atoms with van der Waals surface area (Å²) in [6, 6.07) is 9.81. The Kier molecular flexibility index (Phi) is 4.20. The first-order chi connectivity index (χ1) is 9.50. The van der Waals surface area contributed by atoms with Gasteiger partial charge in [0.1, 0.15) is 0 Å². The lowest BCUT2D eigenvalue weighted by atomic mass is 9.98. The molecule has 2 aromatic rings. The summed E-state index contributed by atoms with van der Waals surface area (Å²) in [5.41, 5.74) is 6.06. The van der Waals surface area contributed by atoms with Crippen LogP contribution in [0.4, 0.5) is 13.2 Å². The summed E-state index contributed by atoms with van der Waals surface area (Å²) in [6.07, 6.45) is -0.188. The molecule has 0 heterocycles. The van der Waals surface area contributed by atoms with E-state index < -0.39 is 34.8 Å². The molecule has 5 heteroatoms. The average Bonchev–Trinajstić information content (AvgIpc) is 2.45. The van der Waals surface area contributed by atoms with Gasteiger partial charge in [-0.2, -0.15) is 0 Å². The van der Waals surface area contributed by atoms with E-state index in [2.05, 4.69) is 0 Å². The lowest BCUT2D eigenvalue weighted by molar-refractivity contribution is 0.0969. The van der Waals surface area contributed by atoms with Gasteiger partial charge in [0.2, 0.25) is 0 Å². The number of nitrogens with two attached hydrogens (primary N) is 1. The lowest BCUT2D eigenvalue weighted by Crippen LogP contribution is -2.17. The normalized spacial score (nSPS) is 12.2. The highest BCUT2D eigenvalue weighted by Gasteiger charge is 2.20. The quantitative estimate of drug-likeness (QED) is 0.688. The molecule has 2 rings (SSSR count). The molecule has 2 nitrogen and oxygen atoms in total. The molecule has 0 aliphatic rings. The standard InChI is InChI=1S/C15H12F3NO/c16-11-7-6-10(14(17)15(11)18)13(20)8-12(19)9-4-2-1-3-5-9/h1-7,12H,8,19H2. The van der Waals surface area contributed by atoms with Gasteiger partial charge in [-0.25, -0.2) is 13.2 Å². The predicted molar refractivity (Wildman–Crippen MR) is 68.6 cm³/mol. The highest BCUT2D eigenvalue weighted by atomic mass is 19.2. The van der Waals surface area contributed by atoms with E-state index in [4.69, 9.17) is 5.73 Å². The van der Waals surface area contributed by atoms with Crippen LogP contribution in [0.15, 0.2) is 42.5 Å². The minimum Gasteiger partial charge on any atom is -0.324 e. The monoisotopic (exact) mass is 279 g/mol. The van der Waals surface area contributed by atoms with E-state index in [0.717, 1.165) is 12.1 Å². The van der Waals surface area contributed by atoms with E-state index in [-0.39, 0.29) is 6.42 Å². The Morgan fingerprint density at radius 3 is 2.30 bits per heavy atom. The van der Waals surface area contributed by atoms with Gasteiger partial charge in [0.15, 0.2) is 23.2 Å². The summed E-state index contributed by atoms with van der Waals surface area (Å²) in [6.45, 7) is 0. The van der Waals surface area contributed by atoms with Crippen molar-refractivity contribution >= 4 is 5.78 Å². The number of benzene rings is 2. The molecule has 0 aromatic heterocycles. The molecule has 20 heavy (non-hydrogen) atoms. The zero-order chi connectivity index (χ0) is 14.7. The van der Waals surface area contributed by atoms with Crippen molar-refractivity contribution in [2.75, 3.05) is 0 Å². The molecule has 0 spiro atoms. The van der Waals surface area contributed by atoms with Crippen molar-refractivity contribution < 1.29 is 18.0 Å². The average molecular weight is 279 g/mol. The van der Waals surface area contributed by atoms with E-state index in [0.29, 0.717) is 5.56 Å². The Hall–Kier alpha value is -2.14. The van der Waals surface area contributed by atoms with Gasteiger partial charge in [-0.3, -0.25) is 4.79 Å².